The van der Waals surface area contributed by atoms with Crippen LogP contribution in [0.5, 0.6) is 0 Å². The summed E-state index contributed by atoms with van der Waals surface area (Å²) in [6, 6.07) is 41.7. The molecule has 2 aliphatic rings. The van der Waals surface area contributed by atoms with E-state index in [1.807, 2.05) is 12.1 Å². The van der Waals surface area contributed by atoms with E-state index >= 15 is 0 Å². The molecule has 5 aromatic rings. The first-order chi connectivity index (χ1) is 15.8. The summed E-state index contributed by atoms with van der Waals surface area (Å²) in [7, 11) is 0. The van der Waals surface area contributed by atoms with Gasteiger partial charge in [-0.15, -0.1) is 0 Å². The van der Waals surface area contributed by atoms with Crippen LogP contribution >= 0.6 is 11.6 Å². The van der Waals surface area contributed by atoms with Gasteiger partial charge in [0.2, 0.25) is 0 Å². The first-order valence-electron chi connectivity index (χ1n) is 11.0. The topological polar surface area (TPSA) is 0 Å². The Hall–Kier alpha value is -3.61. The van der Waals surface area contributed by atoms with E-state index in [4.69, 9.17) is 11.6 Å². The highest BCUT2D eigenvalue weighted by molar-refractivity contribution is 6.30. The molecule has 0 unspecified atom stereocenters. The maximum Gasteiger partial charge on any atom is 0.0725 e. The van der Waals surface area contributed by atoms with E-state index < -0.39 is 0 Å². The fraction of sp³-hybridized carbons (Fsp3) is 0.0323. The molecule has 0 saturated carbocycles. The summed E-state index contributed by atoms with van der Waals surface area (Å²) in [5.74, 6) is 0. The predicted molar refractivity (Wildman–Crippen MR) is 133 cm³/mol. The molecule has 0 heterocycles. The Kier molecular flexibility index (Phi) is 3.63. The van der Waals surface area contributed by atoms with Gasteiger partial charge >= 0.3 is 0 Å². The highest BCUT2D eigenvalue weighted by atomic mass is 35.5. The number of benzene rings is 5. The average Bonchev–Trinajstić information content (AvgIpc) is 3.32. The Bertz CT molecular complexity index is 1500. The molecule has 0 radical (unpaired) electrons. The van der Waals surface area contributed by atoms with Crippen LogP contribution in [0.4, 0.5) is 0 Å². The molecule has 2 aliphatic carbocycles. The van der Waals surface area contributed by atoms with Crippen molar-refractivity contribution in [2.24, 2.45) is 0 Å². The zero-order chi connectivity index (χ0) is 21.3. The van der Waals surface area contributed by atoms with Crippen molar-refractivity contribution in [3.63, 3.8) is 0 Å². The lowest BCUT2D eigenvalue weighted by Crippen LogP contribution is -2.25. The van der Waals surface area contributed by atoms with Crippen LogP contribution in [0.3, 0.4) is 0 Å². The minimum absolute atomic E-state index is 0.298. The van der Waals surface area contributed by atoms with Gasteiger partial charge in [-0.05, 0) is 67.8 Å². The summed E-state index contributed by atoms with van der Waals surface area (Å²) >= 11 is 6.40. The summed E-state index contributed by atoms with van der Waals surface area (Å²) in [4.78, 5) is 0. The zero-order valence-corrected chi connectivity index (χ0v) is 18.1. The molecule has 0 N–H and O–H groups in total. The van der Waals surface area contributed by atoms with E-state index in [1.54, 1.807) is 0 Å². The number of fused-ring (bicyclic) bond motifs is 10. The van der Waals surface area contributed by atoms with Gasteiger partial charge in [0.15, 0.2) is 0 Å². The van der Waals surface area contributed by atoms with E-state index in [0.717, 1.165) is 10.6 Å². The van der Waals surface area contributed by atoms with Crippen molar-refractivity contribution in [2.75, 3.05) is 0 Å². The molecule has 5 aromatic carbocycles. The van der Waals surface area contributed by atoms with Gasteiger partial charge in [0.25, 0.3) is 0 Å². The number of halogens is 1. The van der Waals surface area contributed by atoms with Crippen molar-refractivity contribution in [1.82, 2.24) is 0 Å². The minimum Gasteiger partial charge on any atom is -0.0843 e. The first-order valence-corrected chi connectivity index (χ1v) is 11.4. The van der Waals surface area contributed by atoms with E-state index in [1.165, 1.54) is 50.1 Å². The number of hydrogen-bond donors (Lipinski definition) is 0. The molecule has 150 valence electrons. The standard InChI is InChI=1S/C31H19Cl/c32-21-10-7-9-20(19-21)22-14-8-18-29-30(22)25-13-3-6-17-28(25)31(29)26-15-4-1-11-23(26)24-12-2-5-16-27(24)31/h1-19H. The van der Waals surface area contributed by atoms with Crippen LogP contribution in [-0.4, -0.2) is 0 Å². The molecule has 0 fully saturated rings. The maximum atomic E-state index is 6.40. The number of hydrogen-bond acceptors (Lipinski definition) is 0. The van der Waals surface area contributed by atoms with Crippen molar-refractivity contribution in [3.05, 3.63) is 143 Å². The van der Waals surface area contributed by atoms with Crippen molar-refractivity contribution < 1.29 is 0 Å². The van der Waals surface area contributed by atoms with Gasteiger partial charge in [-0.3, -0.25) is 0 Å². The molecular weight excluding hydrogens is 408 g/mol. The van der Waals surface area contributed by atoms with Crippen molar-refractivity contribution >= 4 is 11.6 Å². The molecule has 0 nitrogen and oxygen atoms in total. The molecule has 0 saturated heterocycles. The molecule has 1 spiro atoms. The van der Waals surface area contributed by atoms with E-state index in [-0.39, 0.29) is 5.41 Å². The Labute approximate surface area is 192 Å². The second-order valence-corrected chi connectivity index (χ2v) is 9.06. The lowest BCUT2D eigenvalue weighted by molar-refractivity contribution is 0.794. The highest BCUT2D eigenvalue weighted by Crippen LogP contribution is 2.63. The van der Waals surface area contributed by atoms with Crippen molar-refractivity contribution in [2.45, 2.75) is 5.41 Å². The molecule has 0 aliphatic heterocycles. The third-order valence-corrected chi connectivity index (χ3v) is 7.39. The summed E-state index contributed by atoms with van der Waals surface area (Å²) in [5, 5.41) is 0.762. The fourth-order valence-corrected chi connectivity index (χ4v) is 6.23. The smallest absolute Gasteiger partial charge is 0.0725 e. The molecular formula is C31H19Cl. The van der Waals surface area contributed by atoms with Crippen LogP contribution in [-0.2, 0) is 5.41 Å². The second-order valence-electron chi connectivity index (χ2n) is 8.63. The summed E-state index contributed by atoms with van der Waals surface area (Å²) in [6.45, 7) is 0. The summed E-state index contributed by atoms with van der Waals surface area (Å²) in [5.41, 5.74) is 12.8. The maximum absolute atomic E-state index is 6.40. The molecule has 32 heavy (non-hydrogen) atoms. The molecule has 7 rings (SSSR count). The van der Waals surface area contributed by atoms with Gasteiger partial charge in [-0.2, -0.15) is 0 Å². The Morgan fingerprint density at radius 1 is 0.438 bits per heavy atom. The SMILES string of the molecule is Clc1cccc(-c2cccc3c2-c2ccccc2C32c3ccccc3-c3ccccc32)c1. The van der Waals surface area contributed by atoms with Gasteiger partial charge in [0, 0.05) is 5.02 Å². The van der Waals surface area contributed by atoms with Crippen LogP contribution in [0.1, 0.15) is 22.3 Å². The van der Waals surface area contributed by atoms with Crippen LogP contribution in [0, 0.1) is 0 Å². The Morgan fingerprint density at radius 3 is 1.59 bits per heavy atom. The van der Waals surface area contributed by atoms with Gasteiger partial charge in [0.05, 0.1) is 5.41 Å². The fourth-order valence-electron chi connectivity index (χ4n) is 6.04. The zero-order valence-electron chi connectivity index (χ0n) is 17.3. The highest BCUT2D eigenvalue weighted by Gasteiger charge is 2.51. The Morgan fingerprint density at radius 2 is 0.938 bits per heavy atom. The van der Waals surface area contributed by atoms with Crippen LogP contribution in [0.2, 0.25) is 5.02 Å². The van der Waals surface area contributed by atoms with E-state index in [9.17, 15) is 0 Å². The molecule has 0 aromatic heterocycles. The van der Waals surface area contributed by atoms with Crippen molar-refractivity contribution in [1.29, 1.82) is 0 Å². The molecule has 0 amide bonds. The molecule has 0 bridgehead atoms. The van der Waals surface area contributed by atoms with Gasteiger partial charge in [0.1, 0.15) is 0 Å². The van der Waals surface area contributed by atoms with Gasteiger partial charge < -0.3 is 0 Å². The third-order valence-electron chi connectivity index (χ3n) is 7.16. The molecule has 0 atom stereocenters. The van der Waals surface area contributed by atoms with Gasteiger partial charge in [-0.25, -0.2) is 0 Å². The van der Waals surface area contributed by atoms with Crippen LogP contribution < -0.4 is 0 Å². The Balaban J connectivity index is 1.67. The largest absolute Gasteiger partial charge is 0.0843 e. The first kappa shape index (κ1) is 18.0. The summed E-state index contributed by atoms with van der Waals surface area (Å²) < 4.78 is 0. The van der Waals surface area contributed by atoms with Crippen LogP contribution in [0.15, 0.2) is 115 Å². The van der Waals surface area contributed by atoms with Crippen LogP contribution in [0.25, 0.3) is 33.4 Å². The second kappa shape index (κ2) is 6.45. The average molecular weight is 427 g/mol. The van der Waals surface area contributed by atoms with E-state index in [0.29, 0.717) is 0 Å². The summed E-state index contributed by atoms with van der Waals surface area (Å²) in [6.07, 6.45) is 0. The monoisotopic (exact) mass is 426 g/mol. The normalized spacial score (nSPS) is 14.0. The predicted octanol–water partition coefficient (Wildman–Crippen LogP) is 8.35. The quantitative estimate of drug-likeness (QED) is 0.247. The van der Waals surface area contributed by atoms with Crippen molar-refractivity contribution in [3.8, 4) is 33.4 Å². The number of rotatable bonds is 1. The third kappa shape index (κ3) is 2.13. The van der Waals surface area contributed by atoms with Gasteiger partial charge in [-0.1, -0.05) is 115 Å². The molecule has 1 heteroatoms. The minimum atomic E-state index is -0.298. The lowest BCUT2D eigenvalue weighted by Gasteiger charge is -2.30. The lowest BCUT2D eigenvalue weighted by atomic mass is 9.70. The van der Waals surface area contributed by atoms with E-state index in [2.05, 4.69) is 103 Å².